The molecule has 2 aromatic rings. The molecule has 2 rings (SSSR count). The molecular weight excluding hydrogens is 322 g/mol. The molecule has 0 aliphatic carbocycles. The third kappa shape index (κ3) is 4.06. The predicted molar refractivity (Wildman–Crippen MR) is 85.0 cm³/mol. The summed E-state index contributed by atoms with van der Waals surface area (Å²) in [6, 6.07) is 9.45. The van der Waals surface area contributed by atoms with E-state index in [1.165, 1.54) is 23.9 Å². The molecule has 22 heavy (non-hydrogen) atoms. The number of nitrogens with two attached hydrogens (primary N) is 1. The highest BCUT2D eigenvalue weighted by atomic mass is 32.2. The first kappa shape index (κ1) is 16.5. The average molecular weight is 337 g/mol. The van der Waals surface area contributed by atoms with Crippen LogP contribution in [0.5, 0.6) is 0 Å². The number of nitrogens with zero attached hydrogens (tertiary/aromatic N) is 1. The third-order valence-electron chi connectivity index (χ3n) is 2.91. The molecule has 1 amide bonds. The normalized spacial score (nSPS) is 11.2. The molecule has 0 aliphatic heterocycles. The number of carbonyl (C=O) groups excluding carboxylic acids is 1. The lowest BCUT2D eigenvalue weighted by Crippen LogP contribution is -2.23. The van der Waals surface area contributed by atoms with E-state index in [1.807, 2.05) is 6.26 Å². The number of amides is 1. The molecule has 116 valence electrons. The Hall–Kier alpha value is -1.90. The molecular formula is C14H15N3O3S2. The van der Waals surface area contributed by atoms with E-state index in [0.29, 0.717) is 10.6 Å². The first-order valence-corrected chi connectivity index (χ1v) is 9.08. The summed E-state index contributed by atoms with van der Waals surface area (Å²) in [5.41, 5.74) is 1.28. The number of thioether (sulfide) groups is 1. The molecule has 0 spiro atoms. The van der Waals surface area contributed by atoms with Crippen LogP contribution in [0.2, 0.25) is 0 Å². The summed E-state index contributed by atoms with van der Waals surface area (Å²) < 4.78 is 22.3. The van der Waals surface area contributed by atoms with Crippen molar-refractivity contribution < 1.29 is 13.2 Å². The van der Waals surface area contributed by atoms with Crippen LogP contribution in [0.25, 0.3) is 0 Å². The first-order valence-electron chi connectivity index (χ1n) is 6.31. The molecule has 0 saturated heterocycles. The molecule has 0 aliphatic rings. The fraction of sp³-hybridized carbons (Fsp3) is 0.143. The van der Waals surface area contributed by atoms with E-state index in [0.717, 1.165) is 5.56 Å². The van der Waals surface area contributed by atoms with Gasteiger partial charge in [0.1, 0.15) is 5.03 Å². The number of benzene rings is 1. The number of pyridine rings is 1. The van der Waals surface area contributed by atoms with Gasteiger partial charge in [0.25, 0.3) is 5.91 Å². The van der Waals surface area contributed by atoms with Crippen molar-refractivity contribution in [1.29, 1.82) is 0 Å². The summed E-state index contributed by atoms with van der Waals surface area (Å²) in [4.78, 5) is 16.3. The second kappa shape index (κ2) is 6.91. The van der Waals surface area contributed by atoms with Crippen LogP contribution in [-0.4, -0.2) is 25.6 Å². The van der Waals surface area contributed by atoms with E-state index < -0.39 is 10.0 Å². The zero-order chi connectivity index (χ0) is 16.2. The minimum absolute atomic E-state index is 0.0412. The largest absolute Gasteiger partial charge is 0.348 e. The standard InChI is InChI=1S/C14H15N3O3S2/c1-21-14-12(3-2-8-16-14)13(18)17-9-10-4-6-11(7-5-10)22(15,19)20/h2-8H,9H2,1H3,(H,17,18)(H2,15,19,20). The lowest BCUT2D eigenvalue weighted by Gasteiger charge is -2.08. The summed E-state index contributed by atoms with van der Waals surface area (Å²) in [6.07, 6.45) is 3.49. The summed E-state index contributed by atoms with van der Waals surface area (Å²) in [5, 5.41) is 8.46. The molecule has 1 aromatic carbocycles. The van der Waals surface area contributed by atoms with Gasteiger partial charge in [-0.15, -0.1) is 11.8 Å². The quantitative estimate of drug-likeness (QED) is 0.803. The molecule has 0 fully saturated rings. The number of primary sulfonamides is 1. The highest BCUT2D eigenvalue weighted by molar-refractivity contribution is 7.98. The first-order chi connectivity index (χ1) is 10.4. The van der Waals surface area contributed by atoms with Gasteiger partial charge in [-0.05, 0) is 36.1 Å². The predicted octanol–water partition coefficient (Wildman–Crippen LogP) is 1.38. The molecule has 1 aromatic heterocycles. The fourth-order valence-corrected chi connectivity index (χ4v) is 2.86. The molecule has 0 radical (unpaired) electrons. The van der Waals surface area contributed by atoms with E-state index in [-0.39, 0.29) is 17.3 Å². The maximum absolute atomic E-state index is 12.1. The van der Waals surface area contributed by atoms with Crippen molar-refractivity contribution in [3.05, 3.63) is 53.7 Å². The SMILES string of the molecule is CSc1ncccc1C(=O)NCc1ccc(S(N)(=O)=O)cc1. The van der Waals surface area contributed by atoms with Crippen molar-refractivity contribution in [2.24, 2.45) is 5.14 Å². The van der Waals surface area contributed by atoms with Gasteiger partial charge < -0.3 is 5.32 Å². The van der Waals surface area contributed by atoms with E-state index in [2.05, 4.69) is 10.3 Å². The molecule has 0 bridgehead atoms. The lowest BCUT2D eigenvalue weighted by atomic mass is 10.2. The van der Waals surface area contributed by atoms with Crippen LogP contribution >= 0.6 is 11.8 Å². The van der Waals surface area contributed by atoms with Gasteiger partial charge in [0.15, 0.2) is 0 Å². The molecule has 0 atom stereocenters. The Morgan fingerprint density at radius 1 is 1.27 bits per heavy atom. The van der Waals surface area contributed by atoms with Gasteiger partial charge >= 0.3 is 0 Å². The number of aromatic nitrogens is 1. The zero-order valence-electron chi connectivity index (χ0n) is 11.8. The van der Waals surface area contributed by atoms with E-state index in [9.17, 15) is 13.2 Å². The third-order valence-corrected chi connectivity index (χ3v) is 4.56. The van der Waals surface area contributed by atoms with Gasteiger partial charge in [-0.1, -0.05) is 12.1 Å². The van der Waals surface area contributed by atoms with Crippen LogP contribution in [0, 0.1) is 0 Å². The van der Waals surface area contributed by atoms with E-state index in [1.54, 1.807) is 30.5 Å². The van der Waals surface area contributed by atoms with Gasteiger partial charge in [0, 0.05) is 12.7 Å². The van der Waals surface area contributed by atoms with Gasteiger partial charge in [0.2, 0.25) is 10.0 Å². The summed E-state index contributed by atoms with van der Waals surface area (Å²) in [7, 11) is -3.70. The average Bonchev–Trinajstić information content (AvgIpc) is 2.52. The molecule has 6 nitrogen and oxygen atoms in total. The highest BCUT2D eigenvalue weighted by Gasteiger charge is 2.11. The minimum atomic E-state index is -3.70. The molecule has 0 unspecified atom stereocenters. The highest BCUT2D eigenvalue weighted by Crippen LogP contribution is 2.16. The summed E-state index contributed by atoms with van der Waals surface area (Å²) in [6.45, 7) is 0.284. The maximum atomic E-state index is 12.1. The van der Waals surface area contributed by atoms with E-state index >= 15 is 0 Å². The van der Waals surface area contributed by atoms with E-state index in [4.69, 9.17) is 5.14 Å². The monoisotopic (exact) mass is 337 g/mol. The second-order valence-corrected chi connectivity index (χ2v) is 6.79. The van der Waals surface area contributed by atoms with Crippen LogP contribution in [0.4, 0.5) is 0 Å². The number of sulfonamides is 1. The molecule has 3 N–H and O–H groups in total. The molecule has 1 heterocycles. The molecule has 0 saturated carbocycles. The van der Waals surface area contributed by atoms with Crippen molar-refractivity contribution in [3.8, 4) is 0 Å². The van der Waals surface area contributed by atoms with Gasteiger partial charge in [-0.2, -0.15) is 0 Å². The van der Waals surface area contributed by atoms with Crippen molar-refractivity contribution in [1.82, 2.24) is 10.3 Å². The number of hydrogen-bond donors (Lipinski definition) is 2. The van der Waals surface area contributed by atoms with Crippen molar-refractivity contribution >= 4 is 27.7 Å². The Labute approximate surface area is 133 Å². The van der Waals surface area contributed by atoms with Crippen LogP contribution in [0.3, 0.4) is 0 Å². The Kier molecular flexibility index (Phi) is 5.17. The summed E-state index contributed by atoms with van der Waals surface area (Å²) >= 11 is 1.40. The fourth-order valence-electron chi connectivity index (χ4n) is 1.80. The van der Waals surface area contributed by atoms with Gasteiger partial charge in [-0.25, -0.2) is 18.5 Å². The van der Waals surface area contributed by atoms with Crippen LogP contribution < -0.4 is 10.5 Å². The second-order valence-electron chi connectivity index (χ2n) is 4.43. The lowest BCUT2D eigenvalue weighted by molar-refractivity contribution is 0.0947. The Morgan fingerprint density at radius 2 is 1.95 bits per heavy atom. The van der Waals surface area contributed by atoms with Crippen LogP contribution in [0.1, 0.15) is 15.9 Å². The van der Waals surface area contributed by atoms with Gasteiger partial charge in [0.05, 0.1) is 10.5 Å². The Bertz CT molecular complexity index is 774. The zero-order valence-corrected chi connectivity index (χ0v) is 13.4. The van der Waals surface area contributed by atoms with Crippen LogP contribution in [0.15, 0.2) is 52.5 Å². The van der Waals surface area contributed by atoms with Crippen molar-refractivity contribution in [3.63, 3.8) is 0 Å². The Balaban J connectivity index is 2.05. The number of rotatable bonds is 5. The summed E-state index contributed by atoms with van der Waals surface area (Å²) in [5.74, 6) is -0.229. The Morgan fingerprint density at radius 3 is 2.55 bits per heavy atom. The minimum Gasteiger partial charge on any atom is -0.348 e. The van der Waals surface area contributed by atoms with Crippen molar-refractivity contribution in [2.45, 2.75) is 16.5 Å². The number of hydrogen-bond acceptors (Lipinski definition) is 5. The topological polar surface area (TPSA) is 102 Å². The van der Waals surface area contributed by atoms with Crippen molar-refractivity contribution in [2.75, 3.05) is 6.26 Å². The van der Waals surface area contributed by atoms with Crippen LogP contribution in [-0.2, 0) is 16.6 Å². The molecule has 8 heteroatoms. The number of carbonyl (C=O) groups is 1. The smallest absolute Gasteiger partial charge is 0.254 e. The number of nitrogens with one attached hydrogen (secondary N) is 1. The van der Waals surface area contributed by atoms with Gasteiger partial charge in [-0.3, -0.25) is 4.79 Å². The maximum Gasteiger partial charge on any atom is 0.254 e.